The van der Waals surface area contributed by atoms with Crippen LogP contribution in [0.15, 0.2) is 17.8 Å². The second-order valence-corrected chi connectivity index (χ2v) is 5.11. The molecule has 1 aliphatic rings. The zero-order chi connectivity index (χ0) is 15.2. The van der Waals surface area contributed by atoms with E-state index in [1.807, 2.05) is 0 Å². The highest BCUT2D eigenvalue weighted by Gasteiger charge is 2.19. The smallest absolute Gasteiger partial charge is 0.330 e. The van der Waals surface area contributed by atoms with Gasteiger partial charge in [0.25, 0.3) is 0 Å². The fourth-order valence-corrected chi connectivity index (χ4v) is 2.45. The molecule has 1 aromatic heterocycles. The summed E-state index contributed by atoms with van der Waals surface area (Å²) in [7, 11) is 0. The number of aryl methyl sites for hydroxylation is 1. The van der Waals surface area contributed by atoms with Gasteiger partial charge in [0.05, 0.1) is 12.8 Å². The van der Waals surface area contributed by atoms with Gasteiger partial charge < -0.3 is 10.1 Å². The summed E-state index contributed by atoms with van der Waals surface area (Å²) in [4.78, 5) is 19.4. The Morgan fingerprint density at radius 3 is 3.19 bits per heavy atom. The third kappa shape index (κ3) is 4.51. The predicted octanol–water partition coefficient (Wildman–Crippen LogP) is 2.77. The summed E-state index contributed by atoms with van der Waals surface area (Å²) in [6, 6.07) is 0.0724. The summed E-state index contributed by atoms with van der Waals surface area (Å²) < 4.78 is 18.6. The number of nitrogens with zero attached hydrogens (tertiary/aromatic N) is 2. The number of rotatable bonds is 4. The summed E-state index contributed by atoms with van der Waals surface area (Å²) in [5, 5.41) is 3.11. The number of aromatic nitrogens is 2. The zero-order valence-corrected chi connectivity index (χ0v) is 12.4. The molecule has 2 rings (SSSR count). The third-order valence-electron chi connectivity index (χ3n) is 3.37. The molecule has 5 nitrogen and oxygen atoms in total. The first-order valence-corrected chi connectivity index (χ1v) is 7.20. The normalized spacial score (nSPS) is 20.3. The Morgan fingerprint density at radius 1 is 1.62 bits per heavy atom. The van der Waals surface area contributed by atoms with Gasteiger partial charge in [0.2, 0.25) is 0 Å². The van der Waals surface area contributed by atoms with Gasteiger partial charge in [-0.15, -0.1) is 0 Å². The second-order valence-electron chi connectivity index (χ2n) is 5.11. The second kappa shape index (κ2) is 7.15. The fraction of sp³-hybridized carbons (Fsp3) is 0.533. The Bertz CT molecular complexity index is 546. The van der Waals surface area contributed by atoms with Crippen molar-refractivity contribution in [1.82, 2.24) is 9.97 Å². The molecule has 114 valence electrons. The molecule has 1 aromatic rings. The summed E-state index contributed by atoms with van der Waals surface area (Å²) in [6.07, 6.45) is 6.17. The van der Waals surface area contributed by atoms with Crippen LogP contribution in [0.5, 0.6) is 0 Å². The van der Waals surface area contributed by atoms with E-state index in [-0.39, 0.29) is 17.8 Å². The van der Waals surface area contributed by atoms with Crippen molar-refractivity contribution in [2.24, 2.45) is 0 Å². The van der Waals surface area contributed by atoms with E-state index in [1.165, 1.54) is 6.20 Å². The molecule has 0 spiro atoms. The van der Waals surface area contributed by atoms with Crippen LogP contribution in [-0.4, -0.2) is 28.6 Å². The lowest BCUT2D eigenvalue weighted by Crippen LogP contribution is -2.25. The largest absolute Gasteiger partial charge is 0.463 e. The standard InChI is InChI=1S/C15H20FN3O2/c1-3-21-14(20)8-11-5-4-6-12(7-11)19-15-13(16)9-17-10(2)18-15/h8-9,12H,3-7H2,1-2H3,(H,17,18,19)/b11-8-. The van der Waals surface area contributed by atoms with Gasteiger partial charge in [-0.1, -0.05) is 5.57 Å². The lowest BCUT2D eigenvalue weighted by atomic mass is 9.90. The zero-order valence-electron chi connectivity index (χ0n) is 12.4. The van der Waals surface area contributed by atoms with Crippen LogP contribution >= 0.6 is 0 Å². The molecule has 0 aromatic carbocycles. The minimum atomic E-state index is -0.456. The van der Waals surface area contributed by atoms with E-state index in [9.17, 15) is 9.18 Å². The van der Waals surface area contributed by atoms with Crippen LogP contribution in [0.4, 0.5) is 10.2 Å². The van der Waals surface area contributed by atoms with Crippen LogP contribution in [0.3, 0.4) is 0 Å². The number of carbonyl (C=O) groups excluding carboxylic acids is 1. The van der Waals surface area contributed by atoms with Crippen LogP contribution in [0.1, 0.15) is 38.4 Å². The molecule has 1 aliphatic carbocycles. The summed E-state index contributed by atoms with van der Waals surface area (Å²) in [6.45, 7) is 3.87. The lowest BCUT2D eigenvalue weighted by Gasteiger charge is -2.25. The molecule has 0 aliphatic heterocycles. The molecule has 1 fully saturated rings. The van der Waals surface area contributed by atoms with E-state index >= 15 is 0 Å². The maximum atomic E-state index is 13.7. The van der Waals surface area contributed by atoms with Gasteiger partial charge in [-0.3, -0.25) is 0 Å². The van der Waals surface area contributed by atoms with Crippen LogP contribution in [0.2, 0.25) is 0 Å². The molecule has 0 radical (unpaired) electrons. The molecule has 1 heterocycles. The topological polar surface area (TPSA) is 64.1 Å². The Balaban J connectivity index is 2.01. The van der Waals surface area contributed by atoms with E-state index < -0.39 is 5.82 Å². The van der Waals surface area contributed by atoms with Gasteiger partial charge >= 0.3 is 5.97 Å². The molecule has 21 heavy (non-hydrogen) atoms. The maximum Gasteiger partial charge on any atom is 0.330 e. The van der Waals surface area contributed by atoms with Gasteiger partial charge in [-0.05, 0) is 39.5 Å². The SMILES string of the molecule is CCOC(=O)/C=C1/CCCC(Nc2nc(C)ncc2F)C1. The maximum absolute atomic E-state index is 13.7. The Hall–Kier alpha value is -1.98. The molecule has 1 atom stereocenters. The molecular formula is C15H20FN3O2. The van der Waals surface area contributed by atoms with Crippen molar-refractivity contribution in [1.29, 1.82) is 0 Å². The lowest BCUT2D eigenvalue weighted by molar-refractivity contribution is -0.137. The van der Waals surface area contributed by atoms with Crippen molar-refractivity contribution in [3.05, 3.63) is 29.5 Å². The van der Waals surface area contributed by atoms with Gasteiger partial charge in [-0.2, -0.15) is 0 Å². The number of esters is 1. The van der Waals surface area contributed by atoms with Gasteiger partial charge in [0, 0.05) is 12.1 Å². The minimum absolute atomic E-state index is 0.0724. The van der Waals surface area contributed by atoms with Crippen LogP contribution in [0, 0.1) is 12.7 Å². The summed E-state index contributed by atoms with van der Waals surface area (Å²) >= 11 is 0. The van der Waals surface area contributed by atoms with E-state index in [0.29, 0.717) is 18.9 Å². The minimum Gasteiger partial charge on any atom is -0.463 e. The first-order chi connectivity index (χ1) is 10.1. The van der Waals surface area contributed by atoms with Gasteiger partial charge in [-0.25, -0.2) is 19.2 Å². The Labute approximate surface area is 123 Å². The Kier molecular flexibility index (Phi) is 5.25. The summed E-state index contributed by atoms with van der Waals surface area (Å²) in [5.41, 5.74) is 1.03. The number of halogens is 1. The van der Waals surface area contributed by atoms with Crippen molar-refractivity contribution in [2.45, 2.75) is 45.6 Å². The number of carbonyl (C=O) groups is 1. The van der Waals surface area contributed by atoms with E-state index in [1.54, 1.807) is 19.9 Å². The molecule has 1 N–H and O–H groups in total. The van der Waals surface area contributed by atoms with Crippen LogP contribution in [0.25, 0.3) is 0 Å². The fourth-order valence-electron chi connectivity index (χ4n) is 2.45. The van der Waals surface area contributed by atoms with E-state index in [4.69, 9.17) is 4.74 Å². The molecule has 0 amide bonds. The van der Waals surface area contributed by atoms with Gasteiger partial charge in [0.15, 0.2) is 11.6 Å². The molecule has 1 saturated carbocycles. The number of hydrogen-bond acceptors (Lipinski definition) is 5. The number of hydrogen-bond donors (Lipinski definition) is 1. The average Bonchev–Trinajstić information content (AvgIpc) is 2.43. The number of nitrogens with one attached hydrogen (secondary N) is 1. The van der Waals surface area contributed by atoms with Gasteiger partial charge in [0.1, 0.15) is 5.82 Å². The Morgan fingerprint density at radius 2 is 2.43 bits per heavy atom. The van der Waals surface area contributed by atoms with Crippen LogP contribution < -0.4 is 5.32 Å². The van der Waals surface area contributed by atoms with Crippen molar-refractivity contribution >= 4 is 11.8 Å². The van der Waals surface area contributed by atoms with Crippen molar-refractivity contribution < 1.29 is 13.9 Å². The highest BCUT2D eigenvalue weighted by Crippen LogP contribution is 2.26. The molecule has 6 heteroatoms. The molecule has 1 unspecified atom stereocenters. The first kappa shape index (κ1) is 15.4. The van der Waals surface area contributed by atoms with Crippen LogP contribution in [-0.2, 0) is 9.53 Å². The molecule has 0 bridgehead atoms. The first-order valence-electron chi connectivity index (χ1n) is 7.20. The quantitative estimate of drug-likeness (QED) is 0.683. The van der Waals surface area contributed by atoms with E-state index in [0.717, 1.165) is 24.8 Å². The number of ether oxygens (including phenoxy) is 1. The monoisotopic (exact) mass is 293 g/mol. The molecular weight excluding hydrogens is 273 g/mol. The third-order valence-corrected chi connectivity index (χ3v) is 3.37. The highest BCUT2D eigenvalue weighted by molar-refractivity contribution is 5.82. The van der Waals surface area contributed by atoms with E-state index in [2.05, 4.69) is 15.3 Å². The summed E-state index contributed by atoms with van der Waals surface area (Å²) in [5.74, 6) is -0.0128. The number of anilines is 1. The highest BCUT2D eigenvalue weighted by atomic mass is 19.1. The van der Waals surface area contributed by atoms with Crippen molar-refractivity contribution in [2.75, 3.05) is 11.9 Å². The molecule has 0 saturated heterocycles. The predicted molar refractivity (Wildman–Crippen MR) is 77.3 cm³/mol. The van der Waals surface area contributed by atoms with Crippen molar-refractivity contribution in [3.63, 3.8) is 0 Å². The average molecular weight is 293 g/mol. The van der Waals surface area contributed by atoms with Crippen molar-refractivity contribution in [3.8, 4) is 0 Å².